The molecule has 2 aliphatic heterocycles. The number of carbonyl (C=O) groups is 5. The van der Waals surface area contributed by atoms with Crippen molar-refractivity contribution in [2.75, 3.05) is 41.5 Å². The summed E-state index contributed by atoms with van der Waals surface area (Å²) in [7, 11) is 6.04. The highest BCUT2D eigenvalue weighted by Gasteiger charge is 2.44. The number of hydrogen-bond donors (Lipinski definition) is 3. The van der Waals surface area contributed by atoms with Crippen LogP contribution < -0.4 is 16.0 Å². The second-order valence-electron chi connectivity index (χ2n) is 15.2. The van der Waals surface area contributed by atoms with Crippen molar-refractivity contribution in [1.82, 2.24) is 25.8 Å². The molecule has 1 aromatic carbocycles. The number of likely N-dealkylation sites (tertiary alicyclic amines) is 1. The third-order valence-electron chi connectivity index (χ3n) is 11.2. The van der Waals surface area contributed by atoms with Gasteiger partial charge in [0.2, 0.25) is 23.6 Å². The standard InChI is InChI=1S/C40H65N5O8/c1-11-26(4)34(44(7)37(48)33(25(2)3)43-39(50)40(6)20-16-21-41-40)31(51-8)24-32(46)45-22-15-19-30(45)35(52-9)27(5)36(47)42-29(38(49)53-10)23-28-17-13-12-14-18-28/h12-14,17-18,25-27,29-31,33-35,41H,11,15-16,19-24H2,1-10H3,(H,42,47)(H,43,50)/t26-,27+,29-,30-,31+,33-,34-,35+,40-/m0/s1/i6D. The van der Waals surface area contributed by atoms with E-state index in [1.807, 2.05) is 58.0 Å². The van der Waals surface area contributed by atoms with Gasteiger partial charge in [-0.25, -0.2) is 4.79 Å². The Hall–Kier alpha value is -3.55. The molecule has 13 nitrogen and oxygen atoms in total. The first-order valence-corrected chi connectivity index (χ1v) is 19.1. The minimum atomic E-state index is -1.01. The number of amides is 4. The number of benzene rings is 1. The van der Waals surface area contributed by atoms with Crippen LogP contribution in [0, 0.1) is 17.8 Å². The Labute approximate surface area is 318 Å². The van der Waals surface area contributed by atoms with Gasteiger partial charge in [0.15, 0.2) is 0 Å². The van der Waals surface area contributed by atoms with Crippen LogP contribution in [0.25, 0.3) is 0 Å². The molecular weight excluding hydrogens is 678 g/mol. The van der Waals surface area contributed by atoms with E-state index in [2.05, 4.69) is 16.0 Å². The SMILES string of the molecule is [2H]C[C@@]1(C(=O)N[C@H](C(=O)N(C)[C@@H]([C@@H](C)CC)[C@@H](CC(=O)N2CCC[C@H]2[C@H](OC)[C@@H](C)C(=O)N[C@@H](Cc2ccccc2)C(=O)OC)OC)C(C)C)CCCN1. The maximum Gasteiger partial charge on any atom is 0.328 e. The molecule has 0 saturated carbocycles. The van der Waals surface area contributed by atoms with E-state index in [1.165, 1.54) is 21.3 Å². The first kappa shape index (κ1) is 42.2. The third-order valence-corrected chi connectivity index (χ3v) is 11.2. The summed E-state index contributed by atoms with van der Waals surface area (Å²) < 4.78 is 25.0. The van der Waals surface area contributed by atoms with Crippen molar-refractivity contribution in [1.29, 1.82) is 0 Å². The van der Waals surface area contributed by atoms with Gasteiger partial charge in [-0.05, 0) is 56.5 Å². The molecule has 0 spiro atoms. The molecule has 4 amide bonds. The fourth-order valence-electron chi connectivity index (χ4n) is 7.81. The molecule has 13 heteroatoms. The number of esters is 1. The third kappa shape index (κ3) is 11.0. The van der Waals surface area contributed by atoms with E-state index in [9.17, 15) is 24.0 Å². The van der Waals surface area contributed by atoms with Gasteiger partial charge in [-0.15, -0.1) is 0 Å². The molecule has 2 heterocycles. The van der Waals surface area contributed by atoms with Crippen LogP contribution in [0.1, 0.15) is 87.0 Å². The normalized spacial score (nSPS) is 22.9. The molecule has 3 rings (SSSR count). The van der Waals surface area contributed by atoms with Crippen LogP contribution in [0.2, 0.25) is 0 Å². The van der Waals surface area contributed by atoms with Gasteiger partial charge in [0, 0.05) is 35.6 Å². The molecule has 0 bridgehead atoms. The van der Waals surface area contributed by atoms with Crippen LogP contribution in [-0.2, 0) is 44.6 Å². The number of nitrogens with zero attached hydrogens (tertiary/aromatic N) is 2. The number of ether oxygens (including phenoxy) is 3. The quantitative estimate of drug-likeness (QED) is 0.181. The molecule has 53 heavy (non-hydrogen) atoms. The Bertz CT molecular complexity index is 1390. The van der Waals surface area contributed by atoms with Crippen LogP contribution in [0.3, 0.4) is 0 Å². The van der Waals surface area contributed by atoms with Gasteiger partial charge in [0.25, 0.3) is 0 Å². The first-order chi connectivity index (χ1) is 25.7. The lowest BCUT2D eigenvalue weighted by molar-refractivity contribution is -0.149. The number of nitrogens with one attached hydrogen (secondary N) is 3. The number of hydrogen-bond acceptors (Lipinski definition) is 9. The van der Waals surface area contributed by atoms with Crippen LogP contribution in [-0.4, -0.2) is 123 Å². The Balaban J connectivity index is 1.77. The molecule has 1 aromatic rings. The second kappa shape index (κ2) is 20.2. The molecule has 0 aliphatic carbocycles. The lowest BCUT2D eigenvalue weighted by atomic mass is 9.89. The summed E-state index contributed by atoms with van der Waals surface area (Å²) in [5, 5.41) is 8.99. The van der Waals surface area contributed by atoms with Crippen LogP contribution in [0.15, 0.2) is 30.3 Å². The molecule has 9 atom stereocenters. The number of likely N-dealkylation sites (N-methyl/N-ethyl adjacent to an activating group) is 1. The lowest BCUT2D eigenvalue weighted by Gasteiger charge is -2.41. The highest BCUT2D eigenvalue weighted by Crippen LogP contribution is 2.30. The summed E-state index contributed by atoms with van der Waals surface area (Å²) in [5.41, 5.74) is -0.143. The van der Waals surface area contributed by atoms with Gasteiger partial charge in [-0.2, -0.15) is 0 Å². The highest BCUT2D eigenvalue weighted by molar-refractivity contribution is 5.92. The zero-order chi connectivity index (χ0) is 40.2. The van der Waals surface area contributed by atoms with E-state index < -0.39 is 53.8 Å². The van der Waals surface area contributed by atoms with E-state index in [1.54, 1.807) is 23.8 Å². The van der Waals surface area contributed by atoms with Crippen LogP contribution >= 0.6 is 0 Å². The fraction of sp³-hybridized carbons (Fsp3) is 0.725. The summed E-state index contributed by atoms with van der Waals surface area (Å²) in [6.45, 7) is 10.5. The molecule has 298 valence electrons. The minimum Gasteiger partial charge on any atom is -0.467 e. The number of methoxy groups -OCH3 is 3. The van der Waals surface area contributed by atoms with Crippen molar-refractivity contribution in [2.24, 2.45) is 17.8 Å². The largest absolute Gasteiger partial charge is 0.467 e. The van der Waals surface area contributed by atoms with Crippen molar-refractivity contribution in [3.8, 4) is 0 Å². The molecule has 0 unspecified atom stereocenters. The molecule has 2 aliphatic rings. The Kier molecular flexibility index (Phi) is 16.1. The van der Waals surface area contributed by atoms with Gasteiger partial charge >= 0.3 is 5.97 Å². The van der Waals surface area contributed by atoms with E-state index in [-0.39, 0.29) is 55.2 Å². The van der Waals surface area contributed by atoms with Crippen molar-refractivity contribution in [3.63, 3.8) is 0 Å². The summed E-state index contributed by atoms with van der Waals surface area (Å²) in [6, 6.07) is 6.74. The fourth-order valence-corrected chi connectivity index (χ4v) is 7.81. The van der Waals surface area contributed by atoms with Crippen molar-refractivity contribution in [3.05, 3.63) is 35.9 Å². The van der Waals surface area contributed by atoms with Crippen molar-refractivity contribution >= 4 is 29.6 Å². The molecule has 0 radical (unpaired) electrons. The van der Waals surface area contributed by atoms with E-state index in [0.717, 1.165) is 18.4 Å². The maximum atomic E-state index is 14.2. The lowest BCUT2D eigenvalue weighted by Crippen LogP contribution is -2.61. The van der Waals surface area contributed by atoms with Crippen LogP contribution in [0.4, 0.5) is 0 Å². The predicted octanol–water partition coefficient (Wildman–Crippen LogP) is 3.09. The monoisotopic (exact) mass is 744 g/mol. The smallest absolute Gasteiger partial charge is 0.328 e. The average molecular weight is 745 g/mol. The molecule has 2 fully saturated rings. The predicted molar refractivity (Wildman–Crippen MR) is 203 cm³/mol. The van der Waals surface area contributed by atoms with Crippen molar-refractivity contribution in [2.45, 2.75) is 128 Å². The van der Waals surface area contributed by atoms with Gasteiger partial charge in [-0.3, -0.25) is 19.2 Å². The molecular formula is C40H65N5O8. The van der Waals surface area contributed by atoms with Gasteiger partial charge in [0.1, 0.15) is 12.1 Å². The van der Waals surface area contributed by atoms with Gasteiger partial charge in [0.05, 0.1) is 49.3 Å². The number of carbonyl (C=O) groups excluding carboxylic acids is 5. The molecule has 2 saturated heterocycles. The second-order valence-corrected chi connectivity index (χ2v) is 15.2. The summed E-state index contributed by atoms with van der Waals surface area (Å²) in [5.74, 6) is -2.74. The highest BCUT2D eigenvalue weighted by atomic mass is 16.5. The number of rotatable bonds is 19. The van der Waals surface area contributed by atoms with Gasteiger partial charge in [-0.1, -0.05) is 71.4 Å². The zero-order valence-electron chi connectivity index (χ0n) is 34.3. The van der Waals surface area contributed by atoms with E-state index in [0.29, 0.717) is 32.4 Å². The van der Waals surface area contributed by atoms with E-state index >= 15 is 0 Å². The summed E-state index contributed by atoms with van der Waals surface area (Å²) >= 11 is 0. The molecule has 0 aromatic heterocycles. The zero-order valence-corrected chi connectivity index (χ0v) is 33.3. The topological polar surface area (TPSA) is 156 Å². The maximum absolute atomic E-state index is 14.2. The Morgan fingerprint density at radius 3 is 2.28 bits per heavy atom. The Morgan fingerprint density at radius 1 is 1.04 bits per heavy atom. The summed E-state index contributed by atoms with van der Waals surface area (Å²) in [4.78, 5) is 71.6. The Morgan fingerprint density at radius 2 is 1.74 bits per heavy atom. The van der Waals surface area contributed by atoms with Crippen LogP contribution in [0.5, 0.6) is 0 Å². The summed E-state index contributed by atoms with van der Waals surface area (Å²) in [6.07, 6.45) is 2.31. The minimum absolute atomic E-state index is 0.0112. The average Bonchev–Trinajstić information content (AvgIpc) is 3.87. The molecule has 3 N–H and O–H groups in total. The van der Waals surface area contributed by atoms with E-state index in [4.69, 9.17) is 15.6 Å². The first-order valence-electron chi connectivity index (χ1n) is 19.8. The van der Waals surface area contributed by atoms with Crippen molar-refractivity contribution < 1.29 is 39.6 Å². The van der Waals surface area contributed by atoms with Gasteiger partial charge < -0.3 is 40.0 Å².